The van der Waals surface area contributed by atoms with Crippen molar-refractivity contribution in [2.45, 2.75) is 12.8 Å². The predicted molar refractivity (Wildman–Crippen MR) is 113 cm³/mol. The summed E-state index contributed by atoms with van der Waals surface area (Å²) in [6, 6.07) is 17.9. The Morgan fingerprint density at radius 3 is 2.93 bits per heavy atom. The maximum absolute atomic E-state index is 8.61. The van der Waals surface area contributed by atoms with E-state index in [2.05, 4.69) is 37.5 Å². The molecule has 0 amide bonds. The molecule has 1 heterocycles. The van der Waals surface area contributed by atoms with Crippen LogP contribution in [0.2, 0.25) is 0 Å². The van der Waals surface area contributed by atoms with Gasteiger partial charge in [0, 0.05) is 27.4 Å². The summed E-state index contributed by atoms with van der Waals surface area (Å²) >= 11 is 4.96. The topological polar surface area (TPSA) is 70.3 Å². The summed E-state index contributed by atoms with van der Waals surface area (Å²) in [5.41, 5.74) is 5.80. The Labute approximate surface area is 170 Å². The molecule has 136 valence electrons. The average molecular weight is 441 g/mol. The third kappa shape index (κ3) is 5.64. The fraction of sp³-hybridized carbons (Fsp3) is 0.150. The molecule has 0 radical (unpaired) electrons. The Kier molecular flexibility index (Phi) is 6.97. The summed E-state index contributed by atoms with van der Waals surface area (Å²) in [4.78, 5) is 4.54. The van der Waals surface area contributed by atoms with Crippen molar-refractivity contribution in [3.8, 4) is 23.1 Å². The minimum atomic E-state index is 0.481. The lowest BCUT2D eigenvalue weighted by atomic mass is 10.2. The lowest BCUT2D eigenvalue weighted by Gasteiger charge is -2.08. The fourth-order valence-electron chi connectivity index (χ4n) is 2.31. The van der Waals surface area contributed by atoms with Crippen LogP contribution in [0.5, 0.6) is 5.75 Å². The van der Waals surface area contributed by atoms with E-state index in [0.29, 0.717) is 19.4 Å². The van der Waals surface area contributed by atoms with Crippen LogP contribution in [0, 0.1) is 11.3 Å². The van der Waals surface area contributed by atoms with Gasteiger partial charge in [-0.15, -0.1) is 11.3 Å². The van der Waals surface area contributed by atoms with Gasteiger partial charge in [0.1, 0.15) is 5.75 Å². The Morgan fingerprint density at radius 1 is 1.26 bits per heavy atom. The molecule has 0 aliphatic heterocycles. The lowest BCUT2D eigenvalue weighted by molar-refractivity contribution is 0.312. The lowest BCUT2D eigenvalue weighted by Crippen LogP contribution is -2.00. The van der Waals surface area contributed by atoms with Crippen molar-refractivity contribution >= 4 is 38.6 Å². The first-order valence-electron chi connectivity index (χ1n) is 8.35. The SMILES string of the molecule is N#CCCCOc1ccc(Br)cc1C=NNc1nc(-c2ccccc2)cs1. The minimum Gasteiger partial charge on any atom is -0.493 e. The van der Waals surface area contributed by atoms with E-state index in [1.54, 1.807) is 6.21 Å². The van der Waals surface area contributed by atoms with Gasteiger partial charge in [0.15, 0.2) is 0 Å². The summed E-state index contributed by atoms with van der Waals surface area (Å²) in [5.74, 6) is 0.728. The largest absolute Gasteiger partial charge is 0.493 e. The molecule has 0 bridgehead atoms. The molecular formula is C20H17BrN4OS. The number of unbranched alkanes of at least 4 members (excludes halogenated alkanes) is 1. The van der Waals surface area contributed by atoms with Crippen molar-refractivity contribution in [2.75, 3.05) is 12.0 Å². The summed E-state index contributed by atoms with van der Waals surface area (Å²) in [6.45, 7) is 0.496. The van der Waals surface area contributed by atoms with Crippen LogP contribution in [0.3, 0.4) is 0 Å². The van der Waals surface area contributed by atoms with Crippen molar-refractivity contribution in [3.05, 3.63) is 63.9 Å². The minimum absolute atomic E-state index is 0.481. The molecule has 3 aromatic rings. The Morgan fingerprint density at radius 2 is 2.11 bits per heavy atom. The summed E-state index contributed by atoms with van der Waals surface area (Å²) in [5, 5.41) is 15.6. The van der Waals surface area contributed by atoms with Gasteiger partial charge in [-0.25, -0.2) is 4.98 Å². The standard InChI is InChI=1S/C20H17BrN4OS/c21-17-8-9-19(26-11-5-4-10-22)16(12-17)13-23-25-20-24-18(14-27-20)15-6-2-1-3-7-15/h1-3,6-9,12-14H,4-5,11H2,(H,24,25). The first kappa shape index (κ1) is 19.1. The number of anilines is 1. The summed E-state index contributed by atoms with van der Waals surface area (Å²) < 4.78 is 6.69. The molecule has 0 saturated carbocycles. The number of benzene rings is 2. The fourth-order valence-corrected chi connectivity index (χ4v) is 3.36. The number of nitrogens with zero attached hydrogens (tertiary/aromatic N) is 3. The summed E-state index contributed by atoms with van der Waals surface area (Å²) in [7, 11) is 0. The first-order chi connectivity index (χ1) is 13.3. The number of thiazole rings is 1. The van der Waals surface area contributed by atoms with E-state index in [1.807, 2.05) is 53.9 Å². The quantitative estimate of drug-likeness (QED) is 0.277. The van der Waals surface area contributed by atoms with Crippen molar-refractivity contribution < 1.29 is 4.74 Å². The zero-order valence-electron chi connectivity index (χ0n) is 14.4. The molecule has 1 aromatic heterocycles. The smallest absolute Gasteiger partial charge is 0.203 e. The zero-order chi connectivity index (χ0) is 18.9. The van der Waals surface area contributed by atoms with Gasteiger partial charge in [-0.2, -0.15) is 10.4 Å². The number of nitriles is 1. The molecule has 7 heteroatoms. The number of hydrogen-bond acceptors (Lipinski definition) is 6. The molecular weight excluding hydrogens is 424 g/mol. The highest BCUT2D eigenvalue weighted by atomic mass is 79.9. The van der Waals surface area contributed by atoms with Crippen molar-refractivity contribution in [1.29, 1.82) is 5.26 Å². The van der Waals surface area contributed by atoms with Crippen molar-refractivity contribution in [3.63, 3.8) is 0 Å². The van der Waals surface area contributed by atoms with Gasteiger partial charge in [0.25, 0.3) is 0 Å². The maximum Gasteiger partial charge on any atom is 0.203 e. The van der Waals surface area contributed by atoms with E-state index >= 15 is 0 Å². The van der Waals surface area contributed by atoms with Crippen molar-refractivity contribution in [2.24, 2.45) is 5.10 Å². The molecule has 1 N–H and O–H groups in total. The second-order valence-corrected chi connectivity index (χ2v) is 7.34. The van der Waals surface area contributed by atoms with Crippen LogP contribution >= 0.6 is 27.3 Å². The number of nitrogens with one attached hydrogen (secondary N) is 1. The second-order valence-electron chi connectivity index (χ2n) is 5.57. The van der Waals surface area contributed by atoms with E-state index in [-0.39, 0.29) is 0 Å². The molecule has 0 aliphatic rings. The molecule has 5 nitrogen and oxygen atoms in total. The highest BCUT2D eigenvalue weighted by molar-refractivity contribution is 9.10. The van der Waals surface area contributed by atoms with Gasteiger partial charge in [-0.1, -0.05) is 46.3 Å². The number of aromatic nitrogens is 1. The molecule has 0 fully saturated rings. The Balaban J connectivity index is 1.65. The van der Waals surface area contributed by atoms with Gasteiger partial charge in [-0.3, -0.25) is 5.43 Å². The molecule has 0 saturated heterocycles. The van der Waals surface area contributed by atoms with Crippen LogP contribution in [0.15, 0.2) is 63.5 Å². The van der Waals surface area contributed by atoms with Crippen molar-refractivity contribution in [1.82, 2.24) is 4.98 Å². The van der Waals surface area contributed by atoms with E-state index in [4.69, 9.17) is 10.00 Å². The van der Waals surface area contributed by atoms with E-state index < -0.39 is 0 Å². The van der Waals surface area contributed by atoms with Gasteiger partial charge in [-0.05, 0) is 24.6 Å². The Bertz CT molecular complexity index is 950. The first-order valence-corrected chi connectivity index (χ1v) is 10.0. The van der Waals surface area contributed by atoms with Crippen LogP contribution in [0.1, 0.15) is 18.4 Å². The highest BCUT2D eigenvalue weighted by Gasteiger charge is 2.05. The zero-order valence-corrected chi connectivity index (χ0v) is 16.8. The van der Waals surface area contributed by atoms with E-state index in [9.17, 15) is 0 Å². The normalized spacial score (nSPS) is 10.7. The van der Waals surface area contributed by atoms with E-state index in [1.165, 1.54) is 11.3 Å². The van der Waals surface area contributed by atoms with Gasteiger partial charge in [0.05, 0.1) is 24.6 Å². The molecule has 3 rings (SSSR count). The average Bonchev–Trinajstić information content (AvgIpc) is 3.16. The van der Waals surface area contributed by atoms with Gasteiger partial charge < -0.3 is 4.74 Å². The number of hydrazone groups is 1. The van der Waals surface area contributed by atoms with Crippen LogP contribution in [-0.2, 0) is 0 Å². The van der Waals surface area contributed by atoms with Gasteiger partial charge in [0.2, 0.25) is 5.13 Å². The predicted octanol–water partition coefficient (Wildman–Crippen LogP) is 5.70. The van der Waals surface area contributed by atoms with Crippen LogP contribution in [0.25, 0.3) is 11.3 Å². The summed E-state index contributed by atoms with van der Waals surface area (Å²) in [6.07, 6.45) is 2.88. The molecule has 0 atom stereocenters. The van der Waals surface area contributed by atoms with Gasteiger partial charge >= 0.3 is 0 Å². The second kappa shape index (κ2) is 9.86. The Hall–Kier alpha value is -2.69. The third-order valence-corrected chi connectivity index (χ3v) is 4.84. The maximum atomic E-state index is 8.61. The molecule has 2 aromatic carbocycles. The van der Waals surface area contributed by atoms with Crippen LogP contribution < -0.4 is 10.2 Å². The number of rotatable bonds is 8. The number of halogens is 1. The molecule has 0 aliphatic carbocycles. The molecule has 0 spiro atoms. The number of hydrogen-bond donors (Lipinski definition) is 1. The molecule has 0 unspecified atom stereocenters. The highest BCUT2D eigenvalue weighted by Crippen LogP contribution is 2.25. The third-order valence-electron chi connectivity index (χ3n) is 3.60. The van der Waals surface area contributed by atoms with Crippen LogP contribution in [0.4, 0.5) is 5.13 Å². The van der Waals surface area contributed by atoms with Crippen LogP contribution in [-0.4, -0.2) is 17.8 Å². The number of ether oxygens (including phenoxy) is 1. The molecule has 27 heavy (non-hydrogen) atoms. The van der Waals surface area contributed by atoms with E-state index in [0.717, 1.165) is 32.2 Å². The monoisotopic (exact) mass is 440 g/mol.